The predicted molar refractivity (Wildman–Crippen MR) is 126 cm³/mol. The molecule has 0 saturated carbocycles. The van der Waals surface area contributed by atoms with Crippen molar-refractivity contribution in [3.63, 3.8) is 0 Å². The molecular formula is C26H31N3O3. The fourth-order valence-corrected chi connectivity index (χ4v) is 4.47. The van der Waals surface area contributed by atoms with Crippen LogP contribution >= 0.6 is 0 Å². The highest BCUT2D eigenvalue weighted by molar-refractivity contribution is 6.04. The Labute approximate surface area is 189 Å². The SMILES string of the molecule is COC(=O)CC1CCc2ccc(NC(=O)c3ccc(C=NN4CCCCC4)cc3)cc2C1. The van der Waals surface area contributed by atoms with Crippen molar-refractivity contribution in [3.8, 4) is 0 Å². The highest BCUT2D eigenvalue weighted by Gasteiger charge is 2.22. The molecule has 1 amide bonds. The Hall–Kier alpha value is -3.15. The average molecular weight is 434 g/mol. The summed E-state index contributed by atoms with van der Waals surface area (Å²) in [5, 5.41) is 9.66. The van der Waals surface area contributed by atoms with E-state index in [1.165, 1.54) is 37.5 Å². The van der Waals surface area contributed by atoms with Gasteiger partial charge < -0.3 is 10.1 Å². The minimum atomic E-state index is -0.160. The summed E-state index contributed by atoms with van der Waals surface area (Å²) < 4.78 is 4.81. The van der Waals surface area contributed by atoms with Gasteiger partial charge in [0, 0.05) is 30.8 Å². The molecule has 1 N–H and O–H groups in total. The molecule has 4 rings (SSSR count). The van der Waals surface area contributed by atoms with Gasteiger partial charge in [-0.2, -0.15) is 5.10 Å². The molecule has 1 atom stereocenters. The molecule has 1 aliphatic carbocycles. The van der Waals surface area contributed by atoms with Gasteiger partial charge in [0.15, 0.2) is 0 Å². The van der Waals surface area contributed by atoms with E-state index in [0.29, 0.717) is 17.9 Å². The van der Waals surface area contributed by atoms with Gasteiger partial charge in [0.2, 0.25) is 0 Å². The molecule has 1 fully saturated rings. The third-order valence-electron chi connectivity index (χ3n) is 6.35. The van der Waals surface area contributed by atoms with Gasteiger partial charge >= 0.3 is 5.97 Å². The van der Waals surface area contributed by atoms with E-state index >= 15 is 0 Å². The largest absolute Gasteiger partial charge is 0.469 e. The zero-order valence-electron chi connectivity index (χ0n) is 18.7. The number of esters is 1. The van der Waals surface area contributed by atoms with Crippen LogP contribution < -0.4 is 5.32 Å². The van der Waals surface area contributed by atoms with Gasteiger partial charge in [-0.05, 0) is 85.4 Å². The Balaban J connectivity index is 1.36. The lowest BCUT2D eigenvalue weighted by Crippen LogP contribution is -2.24. The van der Waals surface area contributed by atoms with Gasteiger partial charge in [0.05, 0.1) is 13.3 Å². The topological polar surface area (TPSA) is 71.0 Å². The lowest BCUT2D eigenvalue weighted by atomic mass is 9.82. The fraction of sp³-hybridized carbons (Fsp3) is 0.423. The first-order valence-corrected chi connectivity index (χ1v) is 11.5. The number of methoxy groups -OCH3 is 1. The molecule has 168 valence electrons. The van der Waals surface area contributed by atoms with Gasteiger partial charge in [0.25, 0.3) is 5.91 Å². The van der Waals surface area contributed by atoms with Gasteiger partial charge in [-0.3, -0.25) is 14.6 Å². The number of hydrogen-bond acceptors (Lipinski definition) is 5. The van der Waals surface area contributed by atoms with Crippen molar-refractivity contribution >= 4 is 23.8 Å². The molecule has 1 unspecified atom stereocenters. The highest BCUT2D eigenvalue weighted by Crippen LogP contribution is 2.30. The van der Waals surface area contributed by atoms with Crippen molar-refractivity contribution in [1.82, 2.24) is 5.01 Å². The molecule has 0 bridgehead atoms. The predicted octanol–water partition coefficient (Wildman–Crippen LogP) is 4.43. The maximum Gasteiger partial charge on any atom is 0.305 e. The number of hydrogen-bond donors (Lipinski definition) is 1. The van der Waals surface area contributed by atoms with E-state index in [2.05, 4.69) is 21.5 Å². The molecule has 2 aliphatic rings. The summed E-state index contributed by atoms with van der Waals surface area (Å²) in [7, 11) is 1.43. The lowest BCUT2D eigenvalue weighted by molar-refractivity contribution is -0.141. The van der Waals surface area contributed by atoms with Crippen LogP contribution in [0.3, 0.4) is 0 Å². The number of anilines is 1. The summed E-state index contributed by atoms with van der Waals surface area (Å²) in [6, 6.07) is 13.6. The number of nitrogens with zero attached hydrogens (tertiary/aromatic N) is 2. The van der Waals surface area contributed by atoms with Crippen LogP contribution in [0.2, 0.25) is 0 Å². The first-order chi connectivity index (χ1) is 15.6. The van der Waals surface area contributed by atoms with Crippen molar-refractivity contribution in [3.05, 3.63) is 64.7 Å². The Morgan fingerprint density at radius 3 is 2.62 bits per heavy atom. The molecule has 1 saturated heterocycles. The van der Waals surface area contributed by atoms with E-state index in [4.69, 9.17) is 4.74 Å². The van der Waals surface area contributed by atoms with Crippen LogP contribution in [0.5, 0.6) is 0 Å². The second kappa shape index (κ2) is 10.4. The summed E-state index contributed by atoms with van der Waals surface area (Å²) in [6.45, 7) is 2.03. The Kier molecular flexibility index (Phi) is 7.20. The van der Waals surface area contributed by atoms with Crippen molar-refractivity contribution < 1.29 is 14.3 Å². The van der Waals surface area contributed by atoms with Crippen LogP contribution in [0, 0.1) is 5.92 Å². The molecular weight excluding hydrogens is 402 g/mol. The molecule has 1 heterocycles. The summed E-state index contributed by atoms with van der Waals surface area (Å²) in [6.07, 6.45) is 8.76. The second-order valence-corrected chi connectivity index (χ2v) is 8.71. The molecule has 6 heteroatoms. The van der Waals surface area contributed by atoms with Crippen LogP contribution in [0.15, 0.2) is 47.6 Å². The minimum absolute atomic E-state index is 0.133. The van der Waals surface area contributed by atoms with Crippen LogP contribution in [0.25, 0.3) is 0 Å². The normalized spacial score (nSPS) is 18.3. The zero-order valence-corrected chi connectivity index (χ0v) is 18.7. The number of fused-ring (bicyclic) bond motifs is 1. The first kappa shape index (κ1) is 22.1. The Morgan fingerprint density at radius 2 is 1.88 bits per heavy atom. The van der Waals surface area contributed by atoms with Crippen molar-refractivity contribution in [2.24, 2.45) is 11.0 Å². The molecule has 0 radical (unpaired) electrons. The maximum absolute atomic E-state index is 12.7. The molecule has 32 heavy (non-hydrogen) atoms. The monoisotopic (exact) mass is 433 g/mol. The van der Waals surface area contributed by atoms with Crippen molar-refractivity contribution in [2.45, 2.75) is 44.9 Å². The van der Waals surface area contributed by atoms with Crippen molar-refractivity contribution in [2.75, 3.05) is 25.5 Å². The summed E-state index contributed by atoms with van der Waals surface area (Å²) in [5.41, 5.74) is 4.87. The summed E-state index contributed by atoms with van der Waals surface area (Å²) >= 11 is 0. The van der Waals surface area contributed by atoms with E-state index in [0.717, 1.165) is 43.6 Å². The van der Waals surface area contributed by atoms with Crippen molar-refractivity contribution in [1.29, 1.82) is 0 Å². The molecule has 0 spiro atoms. The molecule has 2 aromatic carbocycles. The van der Waals surface area contributed by atoms with E-state index in [1.807, 2.05) is 42.6 Å². The van der Waals surface area contributed by atoms with Gasteiger partial charge in [-0.15, -0.1) is 0 Å². The number of carbonyl (C=O) groups excluding carboxylic acids is 2. The lowest BCUT2D eigenvalue weighted by Gasteiger charge is -2.24. The summed E-state index contributed by atoms with van der Waals surface area (Å²) in [4.78, 5) is 24.4. The van der Waals surface area contributed by atoms with Gasteiger partial charge in [-0.1, -0.05) is 18.2 Å². The molecule has 2 aromatic rings. The van der Waals surface area contributed by atoms with Crippen LogP contribution in [0.1, 0.15) is 59.2 Å². The van der Waals surface area contributed by atoms with Crippen LogP contribution in [-0.4, -0.2) is 43.3 Å². The maximum atomic E-state index is 12.7. The number of piperidine rings is 1. The number of carbonyl (C=O) groups is 2. The second-order valence-electron chi connectivity index (χ2n) is 8.71. The van der Waals surface area contributed by atoms with Gasteiger partial charge in [-0.25, -0.2) is 0 Å². The van der Waals surface area contributed by atoms with E-state index in [9.17, 15) is 9.59 Å². The average Bonchev–Trinajstić information content (AvgIpc) is 2.83. The molecule has 1 aliphatic heterocycles. The standard InChI is InChI=1S/C26H31N3O3/c1-32-25(30)16-20-7-8-21-11-12-24(17-23(21)15-20)28-26(31)22-9-5-19(6-10-22)18-27-29-13-3-2-4-14-29/h5-6,9-12,17-18,20H,2-4,7-8,13-16H2,1H3,(H,28,31). The van der Waals surface area contributed by atoms with Crippen LogP contribution in [0.4, 0.5) is 5.69 Å². The smallest absolute Gasteiger partial charge is 0.305 e. The number of benzene rings is 2. The van der Waals surface area contributed by atoms with E-state index in [1.54, 1.807) is 0 Å². The minimum Gasteiger partial charge on any atom is -0.469 e. The third-order valence-corrected chi connectivity index (χ3v) is 6.35. The fourth-order valence-electron chi connectivity index (χ4n) is 4.47. The third kappa shape index (κ3) is 5.75. The number of aryl methyl sites for hydroxylation is 1. The van der Waals surface area contributed by atoms with Gasteiger partial charge in [0.1, 0.15) is 0 Å². The highest BCUT2D eigenvalue weighted by atomic mass is 16.5. The first-order valence-electron chi connectivity index (χ1n) is 11.5. The Morgan fingerprint density at radius 1 is 1.09 bits per heavy atom. The molecule has 6 nitrogen and oxygen atoms in total. The van der Waals surface area contributed by atoms with Crippen LogP contribution in [-0.2, 0) is 22.4 Å². The quantitative estimate of drug-likeness (QED) is 0.541. The number of ether oxygens (including phenoxy) is 1. The van der Waals surface area contributed by atoms with E-state index in [-0.39, 0.29) is 11.9 Å². The summed E-state index contributed by atoms with van der Waals surface area (Å²) in [5.74, 6) is -0.00114. The van der Waals surface area contributed by atoms with E-state index < -0.39 is 0 Å². The number of hydrazone groups is 1. The number of amides is 1. The Bertz CT molecular complexity index is 978. The molecule has 0 aromatic heterocycles. The zero-order chi connectivity index (χ0) is 22.3. The number of nitrogens with one attached hydrogen (secondary N) is 1. The number of rotatable bonds is 6.